The van der Waals surface area contributed by atoms with Crippen molar-refractivity contribution in [3.63, 3.8) is 0 Å². The summed E-state index contributed by atoms with van der Waals surface area (Å²) in [5.74, 6) is -2.39. The summed E-state index contributed by atoms with van der Waals surface area (Å²) in [7, 11) is 0. The molecule has 176 valence electrons. The van der Waals surface area contributed by atoms with E-state index in [2.05, 4.69) is 31.2 Å². The average molecular weight is 441 g/mol. The molecule has 0 saturated heterocycles. The Balaban J connectivity index is 1.79. The van der Waals surface area contributed by atoms with Crippen molar-refractivity contribution in [3.8, 4) is 0 Å². The maximum absolute atomic E-state index is 12.0. The van der Waals surface area contributed by atoms with Gasteiger partial charge in [-0.3, -0.25) is 9.59 Å². The number of carboxylic acids is 2. The number of unbranched alkanes of at least 4 members (excludes halogenated alkanes) is 9. The predicted octanol–water partition coefficient (Wildman–Crippen LogP) is 7.63. The van der Waals surface area contributed by atoms with Crippen molar-refractivity contribution in [2.24, 2.45) is 5.41 Å². The summed E-state index contributed by atoms with van der Waals surface area (Å²) in [5.41, 5.74) is -0.552. The van der Waals surface area contributed by atoms with E-state index in [9.17, 15) is 19.8 Å². The SMILES string of the molecule is CCCCCCCCCCCCC(CCCc1ccc2ccccc2c1)(C(=O)O)C(=O)O. The number of rotatable bonds is 17. The third kappa shape index (κ3) is 7.96. The Morgan fingerprint density at radius 3 is 1.81 bits per heavy atom. The largest absolute Gasteiger partial charge is 0.480 e. The highest BCUT2D eigenvalue weighted by molar-refractivity contribution is 5.98. The Hall–Kier alpha value is -2.36. The summed E-state index contributed by atoms with van der Waals surface area (Å²) in [5, 5.41) is 21.9. The second-order valence-electron chi connectivity index (χ2n) is 9.16. The minimum absolute atomic E-state index is 0.169. The summed E-state index contributed by atoms with van der Waals surface area (Å²) < 4.78 is 0. The van der Waals surface area contributed by atoms with Gasteiger partial charge in [-0.05, 0) is 42.0 Å². The molecule has 32 heavy (non-hydrogen) atoms. The monoisotopic (exact) mass is 440 g/mol. The summed E-state index contributed by atoms with van der Waals surface area (Å²) in [6.07, 6.45) is 13.1. The van der Waals surface area contributed by atoms with E-state index < -0.39 is 17.4 Å². The van der Waals surface area contributed by atoms with Gasteiger partial charge in [0.05, 0.1) is 0 Å². The van der Waals surface area contributed by atoms with Crippen LogP contribution in [0.4, 0.5) is 0 Å². The summed E-state index contributed by atoms with van der Waals surface area (Å²) >= 11 is 0. The number of carboxylic acid groups (broad SMARTS) is 2. The average Bonchev–Trinajstić information content (AvgIpc) is 2.78. The van der Waals surface area contributed by atoms with Crippen molar-refractivity contribution in [3.05, 3.63) is 48.0 Å². The van der Waals surface area contributed by atoms with Crippen molar-refractivity contribution >= 4 is 22.7 Å². The molecule has 0 amide bonds. The molecule has 0 fully saturated rings. The Labute approximate surface area is 193 Å². The van der Waals surface area contributed by atoms with Crippen LogP contribution in [0.5, 0.6) is 0 Å². The molecular weight excluding hydrogens is 400 g/mol. The zero-order valence-electron chi connectivity index (χ0n) is 19.7. The van der Waals surface area contributed by atoms with Gasteiger partial charge in [-0.1, -0.05) is 114 Å². The van der Waals surface area contributed by atoms with Gasteiger partial charge < -0.3 is 10.2 Å². The summed E-state index contributed by atoms with van der Waals surface area (Å²) in [6, 6.07) is 14.3. The van der Waals surface area contributed by atoms with Gasteiger partial charge >= 0.3 is 11.9 Å². The minimum atomic E-state index is -1.67. The van der Waals surface area contributed by atoms with Gasteiger partial charge in [0.15, 0.2) is 5.41 Å². The standard InChI is InChI=1S/C28H40O4/c1-2-3-4-5-6-7-8-9-10-13-20-28(26(29)30,27(31)32)21-14-15-23-18-19-24-16-11-12-17-25(24)22-23/h11-12,16-19,22H,2-10,13-15,20-21H2,1H3,(H,29,30)(H,31,32). The molecule has 2 rings (SSSR count). The molecule has 2 N–H and O–H groups in total. The van der Waals surface area contributed by atoms with Crippen LogP contribution in [-0.4, -0.2) is 22.2 Å². The van der Waals surface area contributed by atoms with Crippen LogP contribution in [-0.2, 0) is 16.0 Å². The Morgan fingerprint density at radius 1 is 0.688 bits per heavy atom. The lowest BCUT2D eigenvalue weighted by molar-refractivity contribution is -0.166. The molecule has 0 spiro atoms. The first-order valence-electron chi connectivity index (χ1n) is 12.4. The van der Waals surface area contributed by atoms with E-state index >= 15 is 0 Å². The van der Waals surface area contributed by atoms with Crippen LogP contribution >= 0.6 is 0 Å². The molecule has 0 aliphatic rings. The van der Waals surface area contributed by atoms with Gasteiger partial charge in [-0.2, -0.15) is 0 Å². The molecule has 0 aromatic heterocycles. The van der Waals surface area contributed by atoms with Crippen molar-refractivity contribution in [1.82, 2.24) is 0 Å². The fourth-order valence-electron chi connectivity index (χ4n) is 4.55. The Morgan fingerprint density at radius 2 is 1.22 bits per heavy atom. The van der Waals surface area contributed by atoms with Gasteiger partial charge in [0.1, 0.15) is 0 Å². The van der Waals surface area contributed by atoms with E-state index in [1.165, 1.54) is 43.9 Å². The van der Waals surface area contributed by atoms with Gasteiger partial charge in [0, 0.05) is 0 Å². The fourth-order valence-corrected chi connectivity index (χ4v) is 4.55. The number of benzene rings is 2. The molecule has 2 aromatic carbocycles. The quantitative estimate of drug-likeness (QED) is 0.196. The van der Waals surface area contributed by atoms with Crippen LogP contribution in [0.3, 0.4) is 0 Å². The number of aryl methyl sites for hydroxylation is 1. The van der Waals surface area contributed by atoms with Crippen LogP contribution in [0.25, 0.3) is 10.8 Å². The van der Waals surface area contributed by atoms with Gasteiger partial charge in [0.2, 0.25) is 0 Å². The first-order valence-corrected chi connectivity index (χ1v) is 12.4. The Bertz CT molecular complexity index is 828. The zero-order chi connectivity index (χ0) is 23.2. The molecule has 0 aliphatic heterocycles. The van der Waals surface area contributed by atoms with E-state index in [4.69, 9.17) is 0 Å². The van der Waals surface area contributed by atoms with Crippen LogP contribution in [0.15, 0.2) is 42.5 Å². The van der Waals surface area contributed by atoms with E-state index in [1.54, 1.807) is 0 Å². The number of carbonyl (C=O) groups is 2. The molecule has 0 bridgehead atoms. The smallest absolute Gasteiger partial charge is 0.321 e. The summed E-state index contributed by atoms with van der Waals surface area (Å²) in [6.45, 7) is 2.22. The third-order valence-electron chi connectivity index (χ3n) is 6.66. The summed E-state index contributed by atoms with van der Waals surface area (Å²) in [4.78, 5) is 24.0. The first kappa shape index (κ1) is 25.9. The Kier molecular flexibility index (Phi) is 11.3. The van der Waals surface area contributed by atoms with E-state index in [0.29, 0.717) is 19.3 Å². The molecule has 0 radical (unpaired) electrons. The lowest BCUT2D eigenvalue weighted by atomic mass is 9.77. The molecule has 4 nitrogen and oxygen atoms in total. The predicted molar refractivity (Wildman–Crippen MR) is 131 cm³/mol. The molecule has 0 unspecified atom stereocenters. The highest BCUT2D eigenvalue weighted by Gasteiger charge is 2.45. The normalized spacial score (nSPS) is 11.7. The fraction of sp³-hybridized carbons (Fsp3) is 0.571. The highest BCUT2D eigenvalue weighted by Crippen LogP contribution is 2.33. The minimum Gasteiger partial charge on any atom is -0.480 e. The van der Waals surface area contributed by atoms with Crippen LogP contribution in [0.1, 0.15) is 96.0 Å². The number of hydrogen-bond acceptors (Lipinski definition) is 2. The van der Waals surface area contributed by atoms with Crippen molar-refractivity contribution in [1.29, 1.82) is 0 Å². The molecule has 0 atom stereocenters. The van der Waals surface area contributed by atoms with Crippen LogP contribution < -0.4 is 0 Å². The van der Waals surface area contributed by atoms with Crippen molar-refractivity contribution < 1.29 is 19.8 Å². The molecular formula is C28H40O4. The van der Waals surface area contributed by atoms with Crippen molar-refractivity contribution in [2.45, 2.75) is 96.8 Å². The van der Waals surface area contributed by atoms with Gasteiger partial charge in [-0.15, -0.1) is 0 Å². The van der Waals surface area contributed by atoms with Gasteiger partial charge in [-0.25, -0.2) is 0 Å². The molecule has 4 heteroatoms. The lowest BCUT2D eigenvalue weighted by Gasteiger charge is -2.25. The lowest BCUT2D eigenvalue weighted by Crippen LogP contribution is -2.39. The number of fused-ring (bicyclic) bond motifs is 1. The zero-order valence-corrected chi connectivity index (χ0v) is 19.7. The maximum Gasteiger partial charge on any atom is 0.321 e. The second kappa shape index (κ2) is 13.9. The number of hydrogen-bond donors (Lipinski definition) is 2. The second-order valence-corrected chi connectivity index (χ2v) is 9.16. The molecule has 2 aromatic rings. The van der Waals surface area contributed by atoms with E-state index in [0.717, 1.165) is 30.2 Å². The third-order valence-corrected chi connectivity index (χ3v) is 6.66. The maximum atomic E-state index is 12.0. The van der Waals surface area contributed by atoms with Crippen LogP contribution in [0, 0.1) is 5.41 Å². The van der Waals surface area contributed by atoms with Crippen molar-refractivity contribution in [2.75, 3.05) is 0 Å². The first-order chi connectivity index (χ1) is 15.5. The topological polar surface area (TPSA) is 74.6 Å². The molecule has 0 heterocycles. The highest BCUT2D eigenvalue weighted by atomic mass is 16.4. The number of aliphatic carboxylic acids is 2. The molecule has 0 aliphatic carbocycles. The molecule has 0 saturated carbocycles. The van der Waals surface area contributed by atoms with E-state index in [1.807, 2.05) is 18.2 Å². The van der Waals surface area contributed by atoms with Gasteiger partial charge in [0.25, 0.3) is 0 Å². The van der Waals surface area contributed by atoms with Crippen LogP contribution in [0.2, 0.25) is 0 Å². The van der Waals surface area contributed by atoms with E-state index in [-0.39, 0.29) is 12.8 Å².